The first-order valence-electron chi connectivity index (χ1n) is 8.30. The Hall–Kier alpha value is -3.24. The molecule has 8 nitrogen and oxygen atoms in total. The molecule has 0 aliphatic carbocycles. The second kappa shape index (κ2) is 9.11. The van der Waals surface area contributed by atoms with Gasteiger partial charge in [0, 0.05) is 33.3 Å². The molecule has 2 rings (SSSR count). The van der Waals surface area contributed by atoms with Crippen molar-refractivity contribution in [2.75, 3.05) is 42.7 Å². The molecular formula is C17H21F3N6O2. The van der Waals surface area contributed by atoms with Gasteiger partial charge in [0.1, 0.15) is 17.5 Å². The third-order valence-corrected chi connectivity index (χ3v) is 3.36. The molecule has 0 aliphatic rings. The van der Waals surface area contributed by atoms with Crippen LogP contribution >= 0.6 is 0 Å². The number of carbonyl (C=O) groups is 1. The van der Waals surface area contributed by atoms with E-state index in [9.17, 15) is 18.0 Å². The van der Waals surface area contributed by atoms with E-state index >= 15 is 0 Å². The number of hydrogen-bond acceptors (Lipinski definition) is 6. The lowest BCUT2D eigenvalue weighted by Gasteiger charge is -2.15. The number of para-hydroxylation sites is 2. The zero-order valence-corrected chi connectivity index (χ0v) is 15.6. The van der Waals surface area contributed by atoms with Gasteiger partial charge in [-0.2, -0.15) is 0 Å². The van der Waals surface area contributed by atoms with Crippen molar-refractivity contribution in [3.05, 3.63) is 36.2 Å². The predicted molar refractivity (Wildman–Crippen MR) is 99.7 cm³/mol. The number of nitrogens with zero attached hydrogens (tertiary/aromatic N) is 3. The first-order chi connectivity index (χ1) is 13.1. The van der Waals surface area contributed by atoms with E-state index in [2.05, 4.69) is 30.7 Å². The lowest BCUT2D eigenvalue weighted by molar-refractivity contribution is -0.274. The third-order valence-electron chi connectivity index (χ3n) is 3.36. The highest BCUT2D eigenvalue weighted by atomic mass is 19.4. The first kappa shape index (κ1) is 21.1. The summed E-state index contributed by atoms with van der Waals surface area (Å²) in [6.07, 6.45) is -4.85. The fraction of sp³-hybridized carbons (Fsp3) is 0.353. The topological polar surface area (TPSA) is 91.4 Å². The number of nitrogens with one attached hydrogen (secondary N) is 3. The number of ether oxygens (including phenoxy) is 1. The minimum absolute atomic E-state index is 0.0904. The zero-order valence-electron chi connectivity index (χ0n) is 15.6. The van der Waals surface area contributed by atoms with Crippen LogP contribution in [0.1, 0.15) is 5.82 Å². The largest absolute Gasteiger partial charge is 0.573 e. The molecular weight excluding hydrogens is 377 g/mol. The van der Waals surface area contributed by atoms with Crippen LogP contribution in [-0.2, 0) is 0 Å². The van der Waals surface area contributed by atoms with Crippen LogP contribution < -0.4 is 25.6 Å². The lowest BCUT2D eigenvalue weighted by Crippen LogP contribution is -2.33. The van der Waals surface area contributed by atoms with Gasteiger partial charge < -0.3 is 25.6 Å². The summed E-state index contributed by atoms with van der Waals surface area (Å²) in [5, 5.41) is 7.92. The van der Waals surface area contributed by atoms with Crippen LogP contribution in [0.4, 0.5) is 35.3 Å². The number of anilines is 3. The van der Waals surface area contributed by atoms with Crippen LogP contribution in [0.5, 0.6) is 5.75 Å². The van der Waals surface area contributed by atoms with E-state index in [-0.39, 0.29) is 12.2 Å². The quantitative estimate of drug-likeness (QED) is 0.621. The number of rotatable bonds is 7. The standard InChI is InChI=1S/C17H21F3N6O2/c1-11-23-14(10-15(24-11)26(2)3)21-8-9-22-16(27)25-12-6-4-5-7-13(12)28-17(18,19)20/h4-7,10H,8-9H2,1-3H3,(H,21,23,24)(H2,22,25,27). The molecule has 3 N–H and O–H groups in total. The summed E-state index contributed by atoms with van der Waals surface area (Å²) in [7, 11) is 3.72. The second-order valence-corrected chi connectivity index (χ2v) is 5.90. The van der Waals surface area contributed by atoms with Gasteiger partial charge >= 0.3 is 12.4 Å². The van der Waals surface area contributed by atoms with E-state index in [4.69, 9.17) is 0 Å². The van der Waals surface area contributed by atoms with E-state index in [1.54, 1.807) is 13.0 Å². The molecule has 0 fully saturated rings. The van der Waals surface area contributed by atoms with Crippen molar-refractivity contribution in [2.45, 2.75) is 13.3 Å². The van der Waals surface area contributed by atoms with E-state index in [0.29, 0.717) is 18.2 Å². The molecule has 11 heteroatoms. The maximum absolute atomic E-state index is 12.4. The van der Waals surface area contributed by atoms with Gasteiger partial charge in [-0.1, -0.05) is 12.1 Å². The summed E-state index contributed by atoms with van der Waals surface area (Å²) in [6.45, 7) is 2.34. The molecule has 1 aromatic carbocycles. The number of amides is 2. The maximum Gasteiger partial charge on any atom is 0.573 e. The van der Waals surface area contributed by atoms with E-state index in [0.717, 1.165) is 11.9 Å². The average Bonchev–Trinajstić information content (AvgIpc) is 2.59. The molecule has 1 heterocycles. The van der Waals surface area contributed by atoms with Crippen molar-refractivity contribution >= 4 is 23.4 Å². The molecule has 0 aliphatic heterocycles. The van der Waals surface area contributed by atoms with Gasteiger partial charge in [0.15, 0.2) is 5.75 Å². The van der Waals surface area contributed by atoms with Gasteiger partial charge in [0.05, 0.1) is 5.69 Å². The van der Waals surface area contributed by atoms with Gasteiger partial charge in [-0.3, -0.25) is 0 Å². The maximum atomic E-state index is 12.4. The molecule has 2 aromatic rings. The Bertz CT molecular complexity index is 814. The van der Waals surface area contributed by atoms with Gasteiger partial charge in [0.25, 0.3) is 0 Å². The zero-order chi connectivity index (χ0) is 20.7. The van der Waals surface area contributed by atoms with Crippen LogP contribution in [0.15, 0.2) is 30.3 Å². The summed E-state index contributed by atoms with van der Waals surface area (Å²) >= 11 is 0. The third kappa shape index (κ3) is 6.82. The SMILES string of the molecule is Cc1nc(NCCNC(=O)Nc2ccccc2OC(F)(F)F)cc(N(C)C)n1. The Morgan fingerprint density at radius 3 is 2.57 bits per heavy atom. The normalized spacial score (nSPS) is 10.9. The van der Waals surface area contributed by atoms with E-state index in [1.165, 1.54) is 18.2 Å². The van der Waals surface area contributed by atoms with Crippen molar-refractivity contribution < 1.29 is 22.7 Å². The molecule has 0 saturated carbocycles. The second-order valence-electron chi connectivity index (χ2n) is 5.90. The molecule has 0 bridgehead atoms. The van der Waals surface area contributed by atoms with Crippen molar-refractivity contribution in [2.24, 2.45) is 0 Å². The molecule has 0 spiro atoms. The number of alkyl halides is 3. The fourth-order valence-corrected chi connectivity index (χ4v) is 2.19. The molecule has 28 heavy (non-hydrogen) atoms. The summed E-state index contributed by atoms with van der Waals surface area (Å²) in [4.78, 5) is 22.3. The number of hydrogen-bond donors (Lipinski definition) is 3. The van der Waals surface area contributed by atoms with Crippen molar-refractivity contribution in [3.63, 3.8) is 0 Å². The van der Waals surface area contributed by atoms with Crippen molar-refractivity contribution in [1.29, 1.82) is 0 Å². The Labute approximate surface area is 160 Å². The number of benzene rings is 1. The van der Waals surface area contributed by atoms with Gasteiger partial charge in [0.2, 0.25) is 0 Å². The summed E-state index contributed by atoms with van der Waals surface area (Å²) in [5.41, 5.74) is -0.0904. The van der Waals surface area contributed by atoms with E-state index < -0.39 is 18.1 Å². The number of urea groups is 1. The smallest absolute Gasteiger partial charge is 0.404 e. The van der Waals surface area contributed by atoms with Crippen molar-refractivity contribution in [1.82, 2.24) is 15.3 Å². The fourth-order valence-electron chi connectivity index (χ4n) is 2.19. The summed E-state index contributed by atoms with van der Waals surface area (Å²) < 4.78 is 41.1. The Morgan fingerprint density at radius 1 is 1.18 bits per heavy atom. The van der Waals surface area contributed by atoms with Crippen LogP contribution in [0, 0.1) is 6.92 Å². The van der Waals surface area contributed by atoms with Crippen LogP contribution in [0.25, 0.3) is 0 Å². The molecule has 1 aromatic heterocycles. The predicted octanol–water partition coefficient (Wildman–Crippen LogP) is 2.98. The summed E-state index contributed by atoms with van der Waals surface area (Å²) in [5.74, 6) is 1.45. The highest BCUT2D eigenvalue weighted by Crippen LogP contribution is 2.29. The molecule has 152 valence electrons. The highest BCUT2D eigenvalue weighted by Gasteiger charge is 2.32. The van der Waals surface area contributed by atoms with Gasteiger partial charge in [-0.25, -0.2) is 14.8 Å². The molecule has 0 saturated heterocycles. The van der Waals surface area contributed by atoms with Gasteiger partial charge in [-0.15, -0.1) is 13.2 Å². The number of aryl methyl sites for hydroxylation is 1. The molecule has 0 radical (unpaired) electrons. The summed E-state index contributed by atoms with van der Waals surface area (Å²) in [6, 6.07) is 6.39. The monoisotopic (exact) mass is 398 g/mol. The van der Waals surface area contributed by atoms with Crippen LogP contribution in [-0.4, -0.2) is 49.5 Å². The molecule has 2 amide bonds. The number of halogens is 3. The van der Waals surface area contributed by atoms with Crippen molar-refractivity contribution in [3.8, 4) is 5.75 Å². The Morgan fingerprint density at radius 2 is 1.89 bits per heavy atom. The van der Waals surface area contributed by atoms with Crippen LogP contribution in [0.3, 0.4) is 0 Å². The minimum atomic E-state index is -4.85. The molecule has 0 atom stereocenters. The number of carbonyl (C=O) groups excluding carboxylic acids is 1. The Kier molecular flexibility index (Phi) is 6.85. The Balaban J connectivity index is 1.84. The van der Waals surface area contributed by atoms with Gasteiger partial charge in [-0.05, 0) is 19.1 Å². The average molecular weight is 398 g/mol. The van der Waals surface area contributed by atoms with E-state index in [1.807, 2.05) is 19.0 Å². The molecule has 0 unspecified atom stereocenters. The minimum Gasteiger partial charge on any atom is -0.404 e. The number of aromatic nitrogens is 2. The first-order valence-corrected chi connectivity index (χ1v) is 8.30. The lowest BCUT2D eigenvalue weighted by atomic mass is 10.3. The highest BCUT2D eigenvalue weighted by molar-refractivity contribution is 5.90. The van der Waals surface area contributed by atoms with Crippen LogP contribution in [0.2, 0.25) is 0 Å².